The predicted octanol–water partition coefficient (Wildman–Crippen LogP) is -0.125. The van der Waals surface area contributed by atoms with Gasteiger partial charge in [0.25, 0.3) is 0 Å². The molecule has 1 rings (SSSR count). The Bertz CT molecular complexity index is 125. The molecule has 1 fully saturated rings. The summed E-state index contributed by atoms with van der Waals surface area (Å²) in [6, 6.07) is 0.422. The van der Waals surface area contributed by atoms with Gasteiger partial charge in [0.15, 0.2) is 0 Å². The van der Waals surface area contributed by atoms with Crippen molar-refractivity contribution in [1.29, 1.82) is 0 Å². The summed E-state index contributed by atoms with van der Waals surface area (Å²) in [5.41, 5.74) is 6.01. The maximum Gasteiger partial charge on any atom is 0.00918 e. The maximum atomic E-state index is 6.01. The van der Waals surface area contributed by atoms with E-state index in [9.17, 15) is 0 Å². The lowest BCUT2D eigenvalue weighted by molar-refractivity contribution is 0.273. The Morgan fingerprint density at radius 1 is 1.50 bits per heavy atom. The van der Waals surface area contributed by atoms with Gasteiger partial charge in [-0.2, -0.15) is 0 Å². The fourth-order valence-corrected chi connectivity index (χ4v) is 1.68. The summed E-state index contributed by atoms with van der Waals surface area (Å²) < 4.78 is 0. The largest absolute Gasteiger partial charge is 0.327 e. The van der Waals surface area contributed by atoms with Crippen LogP contribution in [-0.4, -0.2) is 44.7 Å². The van der Waals surface area contributed by atoms with Crippen molar-refractivity contribution in [3.8, 4) is 0 Å². The summed E-state index contributed by atoms with van der Waals surface area (Å²) in [6.07, 6.45) is 2.36. The molecule has 3 heteroatoms. The number of rotatable bonds is 3. The van der Waals surface area contributed by atoms with Crippen molar-refractivity contribution < 1.29 is 0 Å². The van der Waals surface area contributed by atoms with Gasteiger partial charge in [-0.3, -0.25) is 0 Å². The molecule has 1 heterocycles. The first-order valence-electron chi connectivity index (χ1n) is 4.81. The van der Waals surface area contributed by atoms with Crippen LogP contribution >= 0.6 is 0 Å². The molecule has 0 saturated carbocycles. The van der Waals surface area contributed by atoms with Crippen molar-refractivity contribution in [3.63, 3.8) is 0 Å². The fraction of sp³-hybridized carbons (Fsp3) is 1.00. The van der Waals surface area contributed by atoms with Gasteiger partial charge in [0.1, 0.15) is 0 Å². The summed E-state index contributed by atoms with van der Waals surface area (Å²) in [7, 11) is 4.23. The normalized spacial score (nSPS) is 31.0. The first-order valence-corrected chi connectivity index (χ1v) is 4.81. The van der Waals surface area contributed by atoms with E-state index in [2.05, 4.69) is 24.3 Å². The third-order valence-electron chi connectivity index (χ3n) is 2.61. The van der Waals surface area contributed by atoms with E-state index < -0.39 is 0 Å². The summed E-state index contributed by atoms with van der Waals surface area (Å²) in [5.74, 6) is 0.682. The van der Waals surface area contributed by atoms with E-state index in [1.54, 1.807) is 0 Å². The SMILES string of the molecule is CN(C)CCC1CNCCC1N. The molecule has 0 spiro atoms. The summed E-state index contributed by atoms with van der Waals surface area (Å²) >= 11 is 0. The molecular formula is C9H21N3. The van der Waals surface area contributed by atoms with E-state index in [4.69, 9.17) is 5.73 Å². The molecule has 1 aliphatic heterocycles. The van der Waals surface area contributed by atoms with Gasteiger partial charge >= 0.3 is 0 Å². The zero-order valence-corrected chi connectivity index (χ0v) is 8.21. The van der Waals surface area contributed by atoms with Crippen LogP contribution in [0.5, 0.6) is 0 Å². The molecule has 0 aromatic rings. The van der Waals surface area contributed by atoms with Gasteiger partial charge in [0.05, 0.1) is 0 Å². The topological polar surface area (TPSA) is 41.3 Å². The van der Waals surface area contributed by atoms with Crippen LogP contribution in [0.2, 0.25) is 0 Å². The number of piperidine rings is 1. The van der Waals surface area contributed by atoms with Crippen LogP contribution in [0.15, 0.2) is 0 Å². The van der Waals surface area contributed by atoms with Gasteiger partial charge in [-0.1, -0.05) is 0 Å². The minimum atomic E-state index is 0.422. The van der Waals surface area contributed by atoms with Crippen LogP contribution < -0.4 is 11.1 Å². The van der Waals surface area contributed by atoms with Crippen LogP contribution in [0.4, 0.5) is 0 Å². The lowest BCUT2D eigenvalue weighted by Gasteiger charge is -2.30. The van der Waals surface area contributed by atoms with Gasteiger partial charge in [-0.15, -0.1) is 0 Å². The lowest BCUT2D eigenvalue weighted by Crippen LogP contribution is -2.45. The third kappa shape index (κ3) is 3.09. The highest BCUT2D eigenvalue weighted by Crippen LogP contribution is 2.12. The maximum absolute atomic E-state index is 6.01. The molecule has 1 aliphatic rings. The average Bonchev–Trinajstić information content (AvgIpc) is 2.03. The molecule has 1 saturated heterocycles. The molecule has 2 unspecified atom stereocenters. The zero-order chi connectivity index (χ0) is 8.97. The molecule has 0 bridgehead atoms. The number of nitrogens with one attached hydrogen (secondary N) is 1. The quantitative estimate of drug-likeness (QED) is 0.622. The van der Waals surface area contributed by atoms with E-state index >= 15 is 0 Å². The highest BCUT2D eigenvalue weighted by atomic mass is 15.0. The van der Waals surface area contributed by atoms with Crippen molar-refractivity contribution in [3.05, 3.63) is 0 Å². The van der Waals surface area contributed by atoms with Crippen molar-refractivity contribution in [2.24, 2.45) is 11.7 Å². The smallest absolute Gasteiger partial charge is 0.00918 e. The summed E-state index contributed by atoms with van der Waals surface area (Å²) in [6.45, 7) is 3.36. The minimum absolute atomic E-state index is 0.422. The van der Waals surface area contributed by atoms with Crippen molar-refractivity contribution in [2.75, 3.05) is 33.7 Å². The van der Waals surface area contributed by atoms with Crippen molar-refractivity contribution in [2.45, 2.75) is 18.9 Å². The number of nitrogens with zero attached hydrogens (tertiary/aromatic N) is 1. The van der Waals surface area contributed by atoms with Gasteiger partial charge in [0, 0.05) is 6.04 Å². The average molecular weight is 171 g/mol. The van der Waals surface area contributed by atoms with E-state index in [0.29, 0.717) is 12.0 Å². The Labute approximate surface area is 75.3 Å². The Morgan fingerprint density at radius 3 is 2.83 bits per heavy atom. The summed E-state index contributed by atoms with van der Waals surface area (Å²) in [4.78, 5) is 2.22. The van der Waals surface area contributed by atoms with Gasteiger partial charge in [-0.05, 0) is 52.5 Å². The zero-order valence-electron chi connectivity index (χ0n) is 8.21. The van der Waals surface area contributed by atoms with Crippen LogP contribution in [0.3, 0.4) is 0 Å². The number of hydrogen-bond donors (Lipinski definition) is 2. The number of nitrogens with two attached hydrogens (primary N) is 1. The van der Waals surface area contributed by atoms with Gasteiger partial charge in [0.2, 0.25) is 0 Å². The molecule has 72 valence electrons. The van der Waals surface area contributed by atoms with E-state index in [1.807, 2.05) is 0 Å². The minimum Gasteiger partial charge on any atom is -0.327 e. The van der Waals surface area contributed by atoms with Crippen LogP contribution in [-0.2, 0) is 0 Å². The highest BCUT2D eigenvalue weighted by Gasteiger charge is 2.20. The predicted molar refractivity (Wildman–Crippen MR) is 52.1 cm³/mol. The standard InChI is InChI=1S/C9H21N3/c1-12(2)6-4-8-7-11-5-3-9(8)10/h8-9,11H,3-7,10H2,1-2H3. The molecule has 0 radical (unpaired) electrons. The van der Waals surface area contributed by atoms with Crippen LogP contribution in [0.25, 0.3) is 0 Å². The van der Waals surface area contributed by atoms with E-state index in [1.165, 1.54) is 6.42 Å². The lowest BCUT2D eigenvalue weighted by atomic mass is 9.91. The second-order valence-electron chi connectivity index (χ2n) is 4.01. The molecule has 0 aromatic heterocycles. The van der Waals surface area contributed by atoms with E-state index in [-0.39, 0.29) is 0 Å². The summed E-state index contributed by atoms with van der Waals surface area (Å²) in [5, 5.41) is 3.39. The molecular weight excluding hydrogens is 150 g/mol. The van der Waals surface area contributed by atoms with Crippen molar-refractivity contribution >= 4 is 0 Å². The fourth-order valence-electron chi connectivity index (χ4n) is 1.68. The Kier molecular flexibility index (Phi) is 3.98. The molecule has 0 aliphatic carbocycles. The second-order valence-corrected chi connectivity index (χ2v) is 4.01. The van der Waals surface area contributed by atoms with Gasteiger partial charge in [-0.25, -0.2) is 0 Å². The molecule has 12 heavy (non-hydrogen) atoms. The van der Waals surface area contributed by atoms with Crippen LogP contribution in [0, 0.1) is 5.92 Å². The second kappa shape index (κ2) is 4.80. The monoisotopic (exact) mass is 171 g/mol. The Morgan fingerprint density at radius 2 is 2.25 bits per heavy atom. The first kappa shape index (κ1) is 9.96. The first-order chi connectivity index (χ1) is 5.70. The molecule has 3 nitrogen and oxygen atoms in total. The Balaban J connectivity index is 2.20. The van der Waals surface area contributed by atoms with E-state index in [0.717, 1.165) is 26.1 Å². The third-order valence-corrected chi connectivity index (χ3v) is 2.61. The van der Waals surface area contributed by atoms with Crippen molar-refractivity contribution in [1.82, 2.24) is 10.2 Å². The molecule has 2 atom stereocenters. The molecule has 0 aromatic carbocycles. The number of hydrogen-bond acceptors (Lipinski definition) is 3. The van der Waals surface area contributed by atoms with Gasteiger partial charge < -0.3 is 16.0 Å². The Hall–Kier alpha value is -0.120. The molecule has 0 amide bonds. The molecule has 3 N–H and O–H groups in total. The highest BCUT2D eigenvalue weighted by molar-refractivity contribution is 4.80. The van der Waals surface area contributed by atoms with Crippen LogP contribution in [0.1, 0.15) is 12.8 Å².